The van der Waals surface area contributed by atoms with Gasteiger partial charge in [0.2, 0.25) is 0 Å². The van der Waals surface area contributed by atoms with Crippen LogP contribution in [-0.4, -0.2) is 74.5 Å². The van der Waals surface area contributed by atoms with Crippen LogP contribution in [0.1, 0.15) is 19.8 Å². The Morgan fingerprint density at radius 1 is 1.17 bits per heavy atom. The van der Waals surface area contributed by atoms with Crippen LogP contribution in [0.3, 0.4) is 0 Å². The first kappa shape index (κ1) is 15.6. The topological polar surface area (TPSA) is 96.2 Å². The van der Waals surface area contributed by atoms with Gasteiger partial charge in [0.15, 0.2) is 5.11 Å². The van der Waals surface area contributed by atoms with Crippen molar-refractivity contribution in [3.05, 3.63) is 0 Å². The standard InChI is InChI=1S/C11H22N2O4S/c1-2-3-4-12-11(18)13-7(5-14)9(16)10(17)8(13)6-15/h7-10,14-17H,2-6H2,1H3,(H,12,18)/t7-,8-,9-,10-/m0/s1. The van der Waals surface area contributed by atoms with Gasteiger partial charge in [0.1, 0.15) is 12.2 Å². The maximum atomic E-state index is 9.80. The van der Waals surface area contributed by atoms with Gasteiger partial charge in [-0.2, -0.15) is 0 Å². The molecular weight excluding hydrogens is 256 g/mol. The molecule has 106 valence electrons. The van der Waals surface area contributed by atoms with Crippen molar-refractivity contribution < 1.29 is 20.4 Å². The second kappa shape index (κ2) is 7.20. The number of rotatable bonds is 5. The Morgan fingerprint density at radius 2 is 1.67 bits per heavy atom. The quantitative estimate of drug-likeness (QED) is 0.306. The fourth-order valence-electron chi connectivity index (χ4n) is 2.19. The molecule has 0 bridgehead atoms. The van der Waals surface area contributed by atoms with Crippen LogP contribution < -0.4 is 5.32 Å². The van der Waals surface area contributed by atoms with E-state index in [1.165, 1.54) is 4.90 Å². The summed E-state index contributed by atoms with van der Waals surface area (Å²) in [5.74, 6) is 0. The number of unbranched alkanes of at least 4 members (excludes halogenated alkanes) is 1. The lowest BCUT2D eigenvalue weighted by molar-refractivity contribution is 0.0130. The van der Waals surface area contributed by atoms with Gasteiger partial charge in [-0.1, -0.05) is 13.3 Å². The number of aliphatic hydroxyl groups is 4. The molecule has 7 heteroatoms. The molecule has 0 aromatic carbocycles. The van der Waals surface area contributed by atoms with E-state index in [4.69, 9.17) is 12.2 Å². The summed E-state index contributed by atoms with van der Waals surface area (Å²) in [5.41, 5.74) is 0. The van der Waals surface area contributed by atoms with Crippen LogP contribution in [0.15, 0.2) is 0 Å². The number of hydrogen-bond donors (Lipinski definition) is 5. The molecule has 4 atom stereocenters. The zero-order valence-corrected chi connectivity index (χ0v) is 11.3. The smallest absolute Gasteiger partial charge is 0.169 e. The molecule has 1 fully saturated rings. The average molecular weight is 278 g/mol. The Balaban J connectivity index is 2.72. The van der Waals surface area contributed by atoms with E-state index in [0.717, 1.165) is 12.8 Å². The molecule has 1 aliphatic heterocycles. The van der Waals surface area contributed by atoms with E-state index in [9.17, 15) is 20.4 Å². The number of likely N-dealkylation sites (tertiary alicyclic amines) is 1. The molecule has 0 amide bonds. The molecule has 1 aliphatic rings. The Labute approximate surface area is 112 Å². The van der Waals surface area contributed by atoms with Gasteiger partial charge in [0, 0.05) is 6.54 Å². The Hall–Kier alpha value is -0.470. The highest BCUT2D eigenvalue weighted by Crippen LogP contribution is 2.25. The SMILES string of the molecule is CCCCNC(=S)N1[C@@H](CO)[C@H](O)[C@@H](O)[C@@H]1CO. The van der Waals surface area contributed by atoms with Crippen molar-refractivity contribution in [3.8, 4) is 0 Å². The van der Waals surface area contributed by atoms with Gasteiger partial charge < -0.3 is 30.6 Å². The van der Waals surface area contributed by atoms with E-state index < -0.39 is 24.3 Å². The van der Waals surface area contributed by atoms with Crippen LogP contribution in [0.25, 0.3) is 0 Å². The molecule has 0 unspecified atom stereocenters. The van der Waals surface area contributed by atoms with Crippen LogP contribution in [0, 0.1) is 0 Å². The van der Waals surface area contributed by atoms with E-state index in [0.29, 0.717) is 11.7 Å². The first-order chi connectivity index (χ1) is 8.58. The number of hydrogen-bond acceptors (Lipinski definition) is 5. The third-order valence-corrected chi connectivity index (χ3v) is 3.62. The largest absolute Gasteiger partial charge is 0.394 e. The van der Waals surface area contributed by atoms with Crippen LogP contribution in [0.2, 0.25) is 0 Å². The molecule has 1 rings (SSSR count). The average Bonchev–Trinajstić information content (AvgIpc) is 2.61. The lowest BCUT2D eigenvalue weighted by Gasteiger charge is -2.31. The van der Waals surface area contributed by atoms with Crippen molar-refractivity contribution in [1.82, 2.24) is 10.2 Å². The minimum absolute atomic E-state index is 0.329. The first-order valence-electron chi connectivity index (χ1n) is 6.22. The van der Waals surface area contributed by atoms with E-state index in [2.05, 4.69) is 12.2 Å². The van der Waals surface area contributed by atoms with Gasteiger partial charge in [0.25, 0.3) is 0 Å². The molecule has 0 aromatic heterocycles. The van der Waals surface area contributed by atoms with Crippen LogP contribution in [0.5, 0.6) is 0 Å². The van der Waals surface area contributed by atoms with Crippen LogP contribution in [-0.2, 0) is 0 Å². The second-order valence-corrected chi connectivity index (χ2v) is 4.86. The van der Waals surface area contributed by atoms with Crippen LogP contribution in [0.4, 0.5) is 0 Å². The summed E-state index contributed by atoms with van der Waals surface area (Å²) in [6.07, 6.45) is -0.253. The summed E-state index contributed by atoms with van der Waals surface area (Å²) in [6.45, 7) is 2.09. The molecule has 1 saturated heterocycles. The maximum Gasteiger partial charge on any atom is 0.169 e. The number of thiocarbonyl (C=S) groups is 1. The van der Waals surface area contributed by atoms with Crippen molar-refractivity contribution in [2.45, 2.75) is 44.1 Å². The van der Waals surface area contributed by atoms with Gasteiger partial charge in [-0.25, -0.2) is 0 Å². The molecule has 1 heterocycles. The summed E-state index contributed by atoms with van der Waals surface area (Å²) in [7, 11) is 0. The highest BCUT2D eigenvalue weighted by Gasteiger charge is 2.47. The lowest BCUT2D eigenvalue weighted by Crippen LogP contribution is -2.51. The van der Waals surface area contributed by atoms with E-state index in [1.54, 1.807) is 0 Å². The van der Waals surface area contributed by atoms with Gasteiger partial charge in [0.05, 0.1) is 25.3 Å². The summed E-state index contributed by atoms with van der Waals surface area (Å²) in [5, 5.41) is 41.5. The van der Waals surface area contributed by atoms with Gasteiger partial charge in [-0.15, -0.1) is 0 Å². The van der Waals surface area contributed by atoms with Crippen LogP contribution >= 0.6 is 12.2 Å². The Kier molecular flexibility index (Phi) is 6.24. The minimum atomic E-state index is -1.11. The molecule has 0 spiro atoms. The van der Waals surface area contributed by atoms with E-state index >= 15 is 0 Å². The fourth-order valence-corrected chi connectivity index (χ4v) is 2.56. The molecule has 0 radical (unpaired) electrons. The van der Waals surface area contributed by atoms with Gasteiger partial charge in [-0.3, -0.25) is 0 Å². The van der Waals surface area contributed by atoms with Crippen molar-refractivity contribution in [2.75, 3.05) is 19.8 Å². The first-order valence-corrected chi connectivity index (χ1v) is 6.63. The zero-order chi connectivity index (χ0) is 13.7. The summed E-state index contributed by atoms with van der Waals surface area (Å²) < 4.78 is 0. The molecule has 0 saturated carbocycles. The van der Waals surface area contributed by atoms with Crippen molar-refractivity contribution in [2.24, 2.45) is 0 Å². The molecule has 5 N–H and O–H groups in total. The molecule has 0 aliphatic carbocycles. The number of aliphatic hydroxyl groups excluding tert-OH is 4. The number of nitrogens with zero attached hydrogens (tertiary/aromatic N) is 1. The Bertz CT molecular complexity index is 264. The highest BCUT2D eigenvalue weighted by atomic mass is 32.1. The van der Waals surface area contributed by atoms with Gasteiger partial charge in [-0.05, 0) is 18.6 Å². The van der Waals surface area contributed by atoms with Gasteiger partial charge >= 0.3 is 0 Å². The van der Waals surface area contributed by atoms with Crippen molar-refractivity contribution >= 4 is 17.3 Å². The third kappa shape index (κ3) is 3.10. The van der Waals surface area contributed by atoms with E-state index in [-0.39, 0.29) is 13.2 Å². The molecule has 0 aromatic rings. The molecular formula is C11H22N2O4S. The Morgan fingerprint density at radius 3 is 2.06 bits per heavy atom. The summed E-state index contributed by atoms with van der Waals surface area (Å²) >= 11 is 5.19. The fraction of sp³-hybridized carbons (Fsp3) is 0.909. The number of nitrogens with one attached hydrogen (secondary N) is 1. The maximum absolute atomic E-state index is 9.80. The van der Waals surface area contributed by atoms with Crippen molar-refractivity contribution in [1.29, 1.82) is 0 Å². The summed E-state index contributed by atoms with van der Waals surface area (Å²) in [6, 6.07) is -1.36. The second-order valence-electron chi connectivity index (χ2n) is 4.47. The molecule has 6 nitrogen and oxygen atoms in total. The predicted octanol–water partition coefficient (Wildman–Crippen LogP) is -1.58. The third-order valence-electron chi connectivity index (χ3n) is 3.27. The minimum Gasteiger partial charge on any atom is -0.394 e. The highest BCUT2D eigenvalue weighted by molar-refractivity contribution is 7.80. The zero-order valence-electron chi connectivity index (χ0n) is 10.5. The van der Waals surface area contributed by atoms with E-state index in [1.807, 2.05) is 0 Å². The lowest BCUT2D eigenvalue weighted by atomic mass is 10.1. The normalized spacial score (nSPS) is 31.7. The predicted molar refractivity (Wildman–Crippen MR) is 71.1 cm³/mol. The van der Waals surface area contributed by atoms with Crippen molar-refractivity contribution in [3.63, 3.8) is 0 Å². The summed E-state index contributed by atoms with van der Waals surface area (Å²) in [4.78, 5) is 1.50. The monoisotopic (exact) mass is 278 g/mol. The molecule has 18 heavy (non-hydrogen) atoms.